The van der Waals surface area contributed by atoms with Gasteiger partial charge in [-0.1, -0.05) is 31.7 Å². The van der Waals surface area contributed by atoms with Gasteiger partial charge in [0.25, 0.3) is 0 Å². The Morgan fingerprint density at radius 3 is 2.55 bits per heavy atom. The van der Waals surface area contributed by atoms with E-state index in [4.69, 9.17) is 10.5 Å². The van der Waals surface area contributed by atoms with Crippen LogP contribution in [0.5, 0.6) is 5.75 Å². The molecule has 5 nitrogen and oxygen atoms in total. The summed E-state index contributed by atoms with van der Waals surface area (Å²) in [6.07, 6.45) is 6.03. The zero-order chi connectivity index (χ0) is 14.6. The minimum Gasteiger partial charge on any atom is -0.485 e. The normalized spacial score (nSPS) is 18.3. The van der Waals surface area contributed by atoms with Gasteiger partial charge >= 0.3 is 5.69 Å². The second kappa shape index (κ2) is 6.17. The number of nitro groups is 1. The smallest absolute Gasteiger partial charge is 0.346 e. The van der Waals surface area contributed by atoms with E-state index >= 15 is 0 Å². The lowest BCUT2D eigenvalue weighted by molar-refractivity contribution is -0.388. The van der Waals surface area contributed by atoms with Crippen LogP contribution in [-0.4, -0.2) is 17.1 Å². The van der Waals surface area contributed by atoms with Crippen LogP contribution in [0.3, 0.4) is 0 Å². The van der Waals surface area contributed by atoms with Crippen molar-refractivity contribution in [3.05, 3.63) is 34.1 Å². The predicted molar refractivity (Wildman–Crippen MR) is 73.2 cm³/mol. The van der Waals surface area contributed by atoms with Gasteiger partial charge in [-0.25, -0.2) is 0 Å². The molecule has 110 valence electrons. The summed E-state index contributed by atoms with van der Waals surface area (Å²) in [5.41, 5.74) is 5.19. The Morgan fingerprint density at radius 1 is 1.30 bits per heavy atom. The maximum atomic E-state index is 13.5. The molecule has 0 aromatic heterocycles. The summed E-state index contributed by atoms with van der Waals surface area (Å²) in [5, 5.41) is 10.9. The van der Waals surface area contributed by atoms with Gasteiger partial charge in [-0.2, -0.15) is 4.39 Å². The molecular weight excluding hydrogens is 263 g/mol. The third kappa shape index (κ3) is 3.45. The van der Waals surface area contributed by atoms with Crippen LogP contribution in [0.25, 0.3) is 0 Å². The van der Waals surface area contributed by atoms with E-state index < -0.39 is 22.0 Å². The van der Waals surface area contributed by atoms with Crippen molar-refractivity contribution in [2.24, 2.45) is 5.73 Å². The van der Waals surface area contributed by atoms with Crippen LogP contribution in [0, 0.1) is 15.9 Å². The average Bonchev–Trinajstić information content (AvgIpc) is 2.61. The molecule has 0 aliphatic heterocycles. The minimum absolute atomic E-state index is 0.0518. The average molecular weight is 282 g/mol. The first-order valence-corrected chi connectivity index (χ1v) is 6.86. The Labute approximate surface area is 117 Å². The molecule has 0 amide bonds. The molecule has 0 spiro atoms. The summed E-state index contributed by atoms with van der Waals surface area (Å²) in [6.45, 7) is 0.178. The van der Waals surface area contributed by atoms with Crippen molar-refractivity contribution in [1.82, 2.24) is 0 Å². The van der Waals surface area contributed by atoms with Crippen LogP contribution in [-0.2, 0) is 0 Å². The Kier molecular flexibility index (Phi) is 4.54. The highest BCUT2D eigenvalue weighted by molar-refractivity contribution is 5.47. The molecule has 1 aromatic rings. The van der Waals surface area contributed by atoms with Crippen LogP contribution in [0.15, 0.2) is 18.2 Å². The fourth-order valence-electron chi connectivity index (χ4n) is 2.59. The molecule has 1 aromatic carbocycles. The molecule has 6 heteroatoms. The van der Waals surface area contributed by atoms with Crippen molar-refractivity contribution in [1.29, 1.82) is 0 Å². The van der Waals surface area contributed by atoms with Crippen molar-refractivity contribution < 1.29 is 14.1 Å². The standard InChI is InChI=1S/C14H19FN2O3/c15-11-6-5-7-12(13(11)17(18)19)20-10-14(16)8-3-1-2-4-9-14/h5-7H,1-4,8-10,16H2. The Balaban J connectivity index is 2.10. The Hall–Kier alpha value is -1.69. The first-order chi connectivity index (χ1) is 9.52. The number of nitro benzene ring substituents is 1. The SMILES string of the molecule is NC1(COc2cccc(F)c2[N+](=O)[O-])CCCCCC1. The van der Waals surface area contributed by atoms with Crippen molar-refractivity contribution in [3.8, 4) is 5.75 Å². The van der Waals surface area contributed by atoms with Gasteiger partial charge in [0.1, 0.15) is 6.61 Å². The second-order valence-corrected chi connectivity index (χ2v) is 5.41. The van der Waals surface area contributed by atoms with E-state index in [0.717, 1.165) is 44.6 Å². The van der Waals surface area contributed by atoms with Crippen LogP contribution in [0.4, 0.5) is 10.1 Å². The zero-order valence-corrected chi connectivity index (χ0v) is 11.3. The van der Waals surface area contributed by atoms with Gasteiger partial charge in [0.05, 0.1) is 10.5 Å². The van der Waals surface area contributed by atoms with E-state index in [2.05, 4.69) is 0 Å². The molecule has 1 fully saturated rings. The van der Waals surface area contributed by atoms with Crippen LogP contribution in [0.1, 0.15) is 38.5 Å². The number of hydrogen-bond donors (Lipinski definition) is 1. The number of nitrogens with two attached hydrogens (primary N) is 1. The Bertz CT molecular complexity index is 485. The van der Waals surface area contributed by atoms with Gasteiger partial charge in [-0.15, -0.1) is 0 Å². The molecule has 1 aliphatic rings. The number of hydrogen-bond acceptors (Lipinski definition) is 4. The summed E-state index contributed by atoms with van der Waals surface area (Å²) in [7, 11) is 0. The number of benzene rings is 1. The number of halogens is 1. The molecule has 20 heavy (non-hydrogen) atoms. The molecule has 2 rings (SSSR count). The highest BCUT2D eigenvalue weighted by Gasteiger charge is 2.29. The van der Waals surface area contributed by atoms with Crippen molar-refractivity contribution in [3.63, 3.8) is 0 Å². The van der Waals surface area contributed by atoms with Gasteiger partial charge < -0.3 is 10.5 Å². The molecular formula is C14H19FN2O3. The molecule has 1 saturated carbocycles. The quantitative estimate of drug-likeness (QED) is 0.522. The Morgan fingerprint density at radius 2 is 1.95 bits per heavy atom. The predicted octanol–water partition coefficient (Wildman–Crippen LogP) is 3.16. The topological polar surface area (TPSA) is 78.4 Å². The van der Waals surface area contributed by atoms with Crippen LogP contribution < -0.4 is 10.5 Å². The van der Waals surface area contributed by atoms with E-state index in [0.29, 0.717) is 0 Å². The largest absolute Gasteiger partial charge is 0.485 e. The first kappa shape index (κ1) is 14.7. The maximum absolute atomic E-state index is 13.5. The van der Waals surface area contributed by atoms with E-state index in [-0.39, 0.29) is 12.4 Å². The van der Waals surface area contributed by atoms with Crippen LogP contribution in [0.2, 0.25) is 0 Å². The summed E-state index contributed by atoms with van der Waals surface area (Å²) >= 11 is 0. The summed E-state index contributed by atoms with van der Waals surface area (Å²) in [6, 6.07) is 3.85. The highest BCUT2D eigenvalue weighted by atomic mass is 19.1. The van der Waals surface area contributed by atoms with Crippen molar-refractivity contribution in [2.45, 2.75) is 44.1 Å². The van der Waals surface area contributed by atoms with E-state index in [9.17, 15) is 14.5 Å². The zero-order valence-electron chi connectivity index (χ0n) is 11.3. The number of rotatable bonds is 4. The lowest BCUT2D eigenvalue weighted by Gasteiger charge is -2.27. The summed E-state index contributed by atoms with van der Waals surface area (Å²) in [4.78, 5) is 10.1. The van der Waals surface area contributed by atoms with Crippen molar-refractivity contribution >= 4 is 5.69 Å². The van der Waals surface area contributed by atoms with E-state index in [1.54, 1.807) is 0 Å². The van der Waals surface area contributed by atoms with Gasteiger partial charge in [-0.3, -0.25) is 10.1 Å². The summed E-state index contributed by atoms with van der Waals surface area (Å²) in [5.74, 6) is -0.941. The van der Waals surface area contributed by atoms with Gasteiger partial charge in [0.15, 0.2) is 5.75 Å². The minimum atomic E-state index is -0.889. The lowest BCUT2D eigenvalue weighted by Crippen LogP contribution is -2.45. The fourth-order valence-corrected chi connectivity index (χ4v) is 2.59. The molecule has 2 N–H and O–H groups in total. The maximum Gasteiger partial charge on any atom is 0.346 e. The second-order valence-electron chi connectivity index (χ2n) is 5.41. The fraction of sp³-hybridized carbons (Fsp3) is 0.571. The van der Waals surface area contributed by atoms with Gasteiger partial charge in [-0.05, 0) is 25.0 Å². The lowest BCUT2D eigenvalue weighted by atomic mass is 9.92. The molecule has 0 bridgehead atoms. The monoisotopic (exact) mass is 282 g/mol. The third-order valence-corrected chi connectivity index (χ3v) is 3.75. The van der Waals surface area contributed by atoms with Crippen molar-refractivity contribution in [2.75, 3.05) is 6.61 Å². The number of para-hydroxylation sites is 1. The number of ether oxygens (including phenoxy) is 1. The molecule has 0 radical (unpaired) electrons. The summed E-state index contributed by atoms with van der Waals surface area (Å²) < 4.78 is 18.9. The molecule has 0 atom stereocenters. The van der Waals surface area contributed by atoms with E-state index in [1.807, 2.05) is 0 Å². The van der Waals surface area contributed by atoms with Gasteiger partial charge in [0.2, 0.25) is 5.82 Å². The molecule has 0 unspecified atom stereocenters. The first-order valence-electron chi connectivity index (χ1n) is 6.86. The molecule has 0 heterocycles. The highest BCUT2D eigenvalue weighted by Crippen LogP contribution is 2.31. The van der Waals surface area contributed by atoms with Gasteiger partial charge in [0, 0.05) is 0 Å². The molecule has 1 aliphatic carbocycles. The molecule has 0 saturated heterocycles. The van der Waals surface area contributed by atoms with E-state index in [1.165, 1.54) is 12.1 Å². The third-order valence-electron chi connectivity index (χ3n) is 3.75. The number of nitrogens with zero attached hydrogens (tertiary/aromatic N) is 1. The van der Waals surface area contributed by atoms with Crippen LogP contribution >= 0.6 is 0 Å².